The summed E-state index contributed by atoms with van der Waals surface area (Å²) in [5.41, 5.74) is 0.159. The zero-order valence-corrected chi connectivity index (χ0v) is 23.3. The molecule has 4 aliphatic rings. The van der Waals surface area contributed by atoms with Gasteiger partial charge >= 0.3 is 6.09 Å². The smallest absolute Gasteiger partial charge is 0.408 e. The lowest BCUT2D eigenvalue weighted by molar-refractivity contribution is -0.142. The van der Waals surface area contributed by atoms with Crippen molar-refractivity contribution in [3.63, 3.8) is 0 Å². The van der Waals surface area contributed by atoms with Crippen molar-refractivity contribution in [3.8, 4) is 6.07 Å². The van der Waals surface area contributed by atoms with Crippen LogP contribution in [0.25, 0.3) is 0 Å². The van der Waals surface area contributed by atoms with E-state index in [1.54, 1.807) is 37.8 Å². The summed E-state index contributed by atoms with van der Waals surface area (Å²) >= 11 is 0. The number of alkyl carbamates (subject to hydrolysis) is 1. The van der Waals surface area contributed by atoms with Crippen molar-refractivity contribution in [2.45, 2.75) is 95.7 Å². The molecule has 1 aliphatic carbocycles. The standard InChI is InChI=1S/C29H38FN5O4/c1-16(2)25(17-6-8-19(30)9-7-17)35-21-12-24(27(35)37)33(14-21)15-22(32-28(38)39-29(3,4)5)26(36)34-20(13-31)10-18-11-23(18)34/h6-9,16,18,20-25H,10-12,14-15H2,1-5H3,(H,32,38)/t18-,20+,21+,22+,23+,24+,25+/m1/s1. The second kappa shape index (κ2) is 10.1. The van der Waals surface area contributed by atoms with Crippen LogP contribution in [-0.2, 0) is 14.3 Å². The highest BCUT2D eigenvalue weighted by Gasteiger charge is 2.57. The first-order valence-corrected chi connectivity index (χ1v) is 13.9. The number of likely N-dealkylation sites (tertiary alicyclic amines) is 3. The van der Waals surface area contributed by atoms with Gasteiger partial charge in [0.15, 0.2) is 0 Å². The summed E-state index contributed by atoms with van der Waals surface area (Å²) in [6.07, 6.45) is 1.47. The molecule has 1 aromatic carbocycles. The molecule has 210 valence electrons. The van der Waals surface area contributed by atoms with Crippen molar-refractivity contribution in [2.24, 2.45) is 11.8 Å². The van der Waals surface area contributed by atoms with Gasteiger partial charge in [-0.05, 0) is 69.6 Å². The lowest BCUT2D eigenvalue weighted by atomic mass is 9.93. The molecule has 10 heteroatoms. The molecule has 2 bridgehead atoms. The van der Waals surface area contributed by atoms with E-state index < -0.39 is 29.8 Å². The molecule has 1 N–H and O–H groups in total. The highest BCUT2D eigenvalue weighted by Crippen LogP contribution is 2.48. The third-order valence-corrected chi connectivity index (χ3v) is 8.37. The van der Waals surface area contributed by atoms with Crippen LogP contribution in [0.5, 0.6) is 0 Å². The normalized spacial score (nSPS) is 29.3. The highest BCUT2D eigenvalue weighted by atomic mass is 19.1. The van der Waals surface area contributed by atoms with E-state index in [9.17, 15) is 24.0 Å². The quantitative estimate of drug-likeness (QED) is 0.571. The van der Waals surface area contributed by atoms with Crippen LogP contribution in [0.3, 0.4) is 0 Å². The van der Waals surface area contributed by atoms with Crippen LogP contribution in [0, 0.1) is 29.0 Å². The van der Waals surface area contributed by atoms with Gasteiger partial charge < -0.3 is 19.9 Å². The number of benzene rings is 1. The van der Waals surface area contributed by atoms with E-state index in [2.05, 4.69) is 25.2 Å². The van der Waals surface area contributed by atoms with Crippen LogP contribution < -0.4 is 5.32 Å². The fourth-order valence-corrected chi connectivity index (χ4v) is 6.72. The van der Waals surface area contributed by atoms with Gasteiger partial charge in [-0.1, -0.05) is 26.0 Å². The summed E-state index contributed by atoms with van der Waals surface area (Å²) in [6, 6.07) is 6.53. The summed E-state index contributed by atoms with van der Waals surface area (Å²) in [4.78, 5) is 45.7. The highest BCUT2D eigenvalue weighted by molar-refractivity contribution is 5.89. The minimum absolute atomic E-state index is 0.0175. The van der Waals surface area contributed by atoms with Gasteiger partial charge in [0.1, 0.15) is 23.5 Å². The van der Waals surface area contributed by atoms with E-state index in [1.807, 2.05) is 9.80 Å². The molecule has 1 saturated carbocycles. The number of fused-ring (bicyclic) bond motifs is 3. The Morgan fingerprint density at radius 2 is 1.87 bits per heavy atom. The van der Waals surface area contributed by atoms with E-state index >= 15 is 0 Å². The van der Waals surface area contributed by atoms with Crippen molar-refractivity contribution in [1.82, 2.24) is 20.0 Å². The summed E-state index contributed by atoms with van der Waals surface area (Å²) in [5.74, 6) is -0.158. The summed E-state index contributed by atoms with van der Waals surface area (Å²) in [5, 5.41) is 12.4. The second-order valence-corrected chi connectivity index (χ2v) is 12.7. The molecule has 9 nitrogen and oxygen atoms in total. The van der Waals surface area contributed by atoms with Crippen LogP contribution in [0.2, 0.25) is 0 Å². The Balaban J connectivity index is 1.33. The van der Waals surface area contributed by atoms with Crippen LogP contribution in [-0.4, -0.2) is 81.5 Å². The number of ether oxygens (including phenoxy) is 1. The minimum atomic E-state index is -0.936. The number of nitrogens with zero attached hydrogens (tertiary/aromatic N) is 4. The Bertz CT molecular complexity index is 1180. The van der Waals surface area contributed by atoms with E-state index in [-0.39, 0.29) is 48.2 Å². The largest absolute Gasteiger partial charge is 0.444 e. The molecule has 3 saturated heterocycles. The fraction of sp³-hybridized carbons (Fsp3) is 0.655. The molecule has 4 fully saturated rings. The molecule has 0 aromatic heterocycles. The molecule has 3 aliphatic heterocycles. The number of carbonyl (C=O) groups is 3. The van der Waals surface area contributed by atoms with E-state index in [0.717, 1.165) is 12.0 Å². The molecule has 0 spiro atoms. The van der Waals surface area contributed by atoms with Gasteiger partial charge in [-0.15, -0.1) is 0 Å². The molecular formula is C29H38FN5O4. The van der Waals surface area contributed by atoms with Gasteiger partial charge in [-0.3, -0.25) is 14.5 Å². The average Bonchev–Trinajstić information content (AvgIpc) is 3.17. The first-order chi connectivity index (χ1) is 18.4. The summed E-state index contributed by atoms with van der Waals surface area (Å²) < 4.78 is 19.0. The van der Waals surface area contributed by atoms with Gasteiger partial charge in [0.2, 0.25) is 11.8 Å². The molecule has 0 unspecified atom stereocenters. The van der Waals surface area contributed by atoms with E-state index in [0.29, 0.717) is 25.3 Å². The first-order valence-electron chi connectivity index (χ1n) is 13.9. The predicted molar refractivity (Wildman–Crippen MR) is 141 cm³/mol. The predicted octanol–water partition coefficient (Wildman–Crippen LogP) is 3.21. The number of amides is 3. The number of carbonyl (C=O) groups excluding carboxylic acids is 3. The third kappa shape index (κ3) is 5.33. The zero-order valence-electron chi connectivity index (χ0n) is 23.3. The van der Waals surface area contributed by atoms with Crippen molar-refractivity contribution >= 4 is 17.9 Å². The van der Waals surface area contributed by atoms with Gasteiger partial charge in [0.25, 0.3) is 0 Å². The number of rotatable bonds is 7. The Morgan fingerprint density at radius 1 is 1.18 bits per heavy atom. The lowest BCUT2D eigenvalue weighted by Crippen LogP contribution is -2.59. The lowest BCUT2D eigenvalue weighted by Gasteiger charge is -2.41. The van der Waals surface area contributed by atoms with E-state index in [1.165, 1.54) is 12.1 Å². The topological polar surface area (TPSA) is 106 Å². The van der Waals surface area contributed by atoms with Crippen molar-refractivity contribution in [2.75, 3.05) is 13.1 Å². The Hall–Kier alpha value is -3.19. The molecular weight excluding hydrogens is 501 g/mol. The summed E-state index contributed by atoms with van der Waals surface area (Å²) in [6.45, 7) is 10.1. The molecule has 5 rings (SSSR count). The van der Waals surface area contributed by atoms with Gasteiger partial charge in [0.05, 0.1) is 18.2 Å². The summed E-state index contributed by atoms with van der Waals surface area (Å²) in [7, 11) is 0. The Labute approximate surface area is 229 Å². The second-order valence-electron chi connectivity index (χ2n) is 12.7. The average molecular weight is 540 g/mol. The number of hydrogen-bond acceptors (Lipinski definition) is 6. The minimum Gasteiger partial charge on any atom is -0.444 e. The van der Waals surface area contributed by atoms with Gasteiger partial charge in [0, 0.05) is 25.2 Å². The molecule has 3 amide bonds. The number of nitriles is 1. The maximum atomic E-state index is 13.8. The number of halogens is 1. The third-order valence-electron chi connectivity index (χ3n) is 8.37. The number of piperidine rings is 1. The van der Waals surface area contributed by atoms with Crippen LogP contribution >= 0.6 is 0 Å². The fourth-order valence-electron chi connectivity index (χ4n) is 6.72. The van der Waals surface area contributed by atoms with Crippen LogP contribution in [0.1, 0.15) is 65.5 Å². The van der Waals surface area contributed by atoms with Crippen molar-refractivity contribution < 1.29 is 23.5 Å². The Kier molecular flexibility index (Phi) is 7.08. The number of piperazine rings is 1. The zero-order chi connectivity index (χ0) is 28.2. The monoisotopic (exact) mass is 539 g/mol. The Morgan fingerprint density at radius 3 is 2.46 bits per heavy atom. The van der Waals surface area contributed by atoms with Crippen LogP contribution in [0.4, 0.5) is 9.18 Å². The SMILES string of the molecule is CC(C)[C@@H](c1ccc(F)cc1)N1C(=O)[C@@H]2C[C@H]1CN2C[C@H](NC(=O)OC(C)(C)C)C(=O)N1[C@H](C#N)C[C@@H]2C[C@@H]21. The van der Waals surface area contributed by atoms with Crippen molar-refractivity contribution in [3.05, 3.63) is 35.6 Å². The van der Waals surface area contributed by atoms with Crippen molar-refractivity contribution in [1.29, 1.82) is 5.26 Å². The first kappa shape index (κ1) is 27.4. The maximum absolute atomic E-state index is 13.8. The maximum Gasteiger partial charge on any atom is 0.408 e. The van der Waals surface area contributed by atoms with Gasteiger partial charge in [-0.25, -0.2) is 9.18 Å². The molecule has 0 radical (unpaired) electrons. The van der Waals surface area contributed by atoms with E-state index in [4.69, 9.17) is 4.74 Å². The number of hydrogen-bond donors (Lipinski definition) is 1. The van der Waals surface area contributed by atoms with Crippen LogP contribution in [0.15, 0.2) is 24.3 Å². The molecule has 3 heterocycles. The molecule has 1 aromatic rings. The number of nitrogens with one attached hydrogen (secondary N) is 1. The molecule has 39 heavy (non-hydrogen) atoms. The van der Waals surface area contributed by atoms with Gasteiger partial charge in [-0.2, -0.15) is 5.26 Å². The molecule has 7 atom stereocenters.